The quantitative estimate of drug-likeness (QED) is 0.0955. The van der Waals surface area contributed by atoms with Crippen molar-refractivity contribution >= 4 is 34.2 Å². The topological polar surface area (TPSA) is 0 Å². The second-order valence-electron chi connectivity index (χ2n) is 6.15. The molecule has 0 N–H and O–H groups in total. The lowest BCUT2D eigenvalue weighted by molar-refractivity contribution is -0.417. The fourth-order valence-electron chi connectivity index (χ4n) is 2.10. The van der Waals surface area contributed by atoms with Gasteiger partial charge in [-0.3, -0.25) is 0 Å². The van der Waals surface area contributed by atoms with Crippen LogP contribution in [0.2, 0.25) is 0 Å². The molecular weight excluding hydrogens is 558 g/mol. The molecule has 1 atom stereocenters. The third-order valence-corrected chi connectivity index (χ3v) is 5.15. The van der Waals surface area contributed by atoms with Crippen LogP contribution >= 0.6 is 34.2 Å². The SMILES string of the molecule is CCCCCCC(I)CC(F)(F)C(F)(F)C(F)(F)C(F)(F)C(F)(F)C(F)(F)Cl. The predicted octanol–water partition coefficient (Wildman–Crippen LogP) is 8.16. The highest BCUT2D eigenvalue weighted by Crippen LogP contribution is 2.61. The van der Waals surface area contributed by atoms with Crippen molar-refractivity contribution in [2.45, 2.75) is 84.4 Å². The van der Waals surface area contributed by atoms with E-state index in [-0.39, 0.29) is 12.8 Å². The highest BCUT2D eigenvalue weighted by Gasteiger charge is 2.89. The van der Waals surface area contributed by atoms with Gasteiger partial charge < -0.3 is 0 Å². The smallest absolute Gasteiger partial charge is 0.200 e. The van der Waals surface area contributed by atoms with E-state index in [4.69, 9.17) is 0 Å². The van der Waals surface area contributed by atoms with Crippen LogP contribution in [-0.4, -0.2) is 38.9 Å². The van der Waals surface area contributed by atoms with Crippen molar-refractivity contribution in [1.29, 1.82) is 0 Å². The minimum atomic E-state index is -7.58. The molecule has 0 aromatic rings. The molecule has 0 fully saturated rings. The summed E-state index contributed by atoms with van der Waals surface area (Å²) in [4.78, 5) is 0. The van der Waals surface area contributed by atoms with Crippen molar-refractivity contribution in [3.8, 4) is 0 Å². The molecule has 0 radical (unpaired) electrons. The Kier molecular flexibility index (Phi) is 9.19. The Balaban J connectivity index is 5.67. The van der Waals surface area contributed by atoms with Crippen LogP contribution in [0, 0.1) is 0 Å². The summed E-state index contributed by atoms with van der Waals surface area (Å²) in [5, 5.41) is -6.41. The molecule has 0 bridgehead atoms. The van der Waals surface area contributed by atoms with Crippen LogP contribution in [0.1, 0.15) is 45.4 Å². The van der Waals surface area contributed by atoms with Gasteiger partial charge in [-0.1, -0.05) is 55.2 Å². The Morgan fingerprint density at radius 2 is 1.11 bits per heavy atom. The summed E-state index contributed by atoms with van der Waals surface area (Å²) in [5.74, 6) is -35.3. The van der Waals surface area contributed by atoms with E-state index in [1.54, 1.807) is 6.92 Å². The van der Waals surface area contributed by atoms with Crippen LogP contribution in [0.4, 0.5) is 52.7 Å². The van der Waals surface area contributed by atoms with E-state index < -0.39 is 45.3 Å². The van der Waals surface area contributed by atoms with Crippen molar-refractivity contribution in [1.82, 2.24) is 0 Å². The summed E-state index contributed by atoms with van der Waals surface area (Å²) in [5.41, 5.74) is 0. The zero-order chi connectivity index (χ0) is 22.8. The number of unbranched alkanes of at least 4 members (excludes halogenated alkanes) is 3. The van der Waals surface area contributed by atoms with E-state index in [1.165, 1.54) is 22.6 Å². The molecule has 14 heteroatoms. The van der Waals surface area contributed by atoms with Gasteiger partial charge in [-0.2, -0.15) is 52.7 Å². The molecule has 0 rings (SSSR count). The maximum absolute atomic E-state index is 13.7. The maximum Gasteiger partial charge on any atom is 0.393 e. The first kappa shape index (κ1) is 28.2. The van der Waals surface area contributed by atoms with Crippen molar-refractivity contribution < 1.29 is 52.7 Å². The average Bonchev–Trinajstić information content (AvgIpc) is 2.49. The second kappa shape index (κ2) is 9.13. The van der Waals surface area contributed by atoms with E-state index in [9.17, 15) is 52.7 Å². The first-order valence-electron chi connectivity index (χ1n) is 7.80. The monoisotopic (exact) mass is 574 g/mol. The molecule has 28 heavy (non-hydrogen) atoms. The fourth-order valence-corrected chi connectivity index (χ4v) is 3.22. The van der Waals surface area contributed by atoms with Crippen molar-refractivity contribution in [3.63, 3.8) is 0 Å². The second-order valence-corrected chi connectivity index (χ2v) is 8.39. The van der Waals surface area contributed by atoms with Crippen molar-refractivity contribution in [3.05, 3.63) is 0 Å². The Bertz CT molecular complexity index is 503. The molecule has 0 aliphatic rings. The average molecular weight is 575 g/mol. The zero-order valence-electron chi connectivity index (χ0n) is 14.1. The third-order valence-electron chi connectivity index (χ3n) is 3.85. The number of alkyl halides is 14. The van der Waals surface area contributed by atoms with Gasteiger partial charge in [-0.25, -0.2) is 0 Å². The minimum absolute atomic E-state index is 0.163. The number of hydrogen-bond donors (Lipinski definition) is 0. The molecule has 0 aromatic carbocycles. The minimum Gasteiger partial charge on any atom is -0.200 e. The van der Waals surface area contributed by atoms with Gasteiger partial charge in [0.15, 0.2) is 0 Å². The van der Waals surface area contributed by atoms with E-state index in [2.05, 4.69) is 11.6 Å². The number of hydrogen-bond acceptors (Lipinski definition) is 0. The summed E-state index contributed by atoms with van der Waals surface area (Å²) in [6, 6.07) is 0. The predicted molar refractivity (Wildman–Crippen MR) is 86.7 cm³/mol. The van der Waals surface area contributed by atoms with E-state index in [0.29, 0.717) is 12.8 Å². The zero-order valence-corrected chi connectivity index (χ0v) is 17.0. The normalized spacial score (nSPS) is 16.4. The summed E-state index contributed by atoms with van der Waals surface area (Å²) in [6.07, 6.45) is -0.0660. The van der Waals surface area contributed by atoms with Gasteiger partial charge in [0.25, 0.3) is 0 Å². The number of rotatable bonds is 12. The molecule has 0 amide bonds. The molecule has 0 saturated heterocycles. The lowest BCUT2D eigenvalue weighted by Crippen LogP contribution is -2.70. The van der Waals surface area contributed by atoms with Crippen LogP contribution in [0.5, 0.6) is 0 Å². The summed E-state index contributed by atoms with van der Waals surface area (Å²) in [7, 11) is 0. The van der Waals surface area contributed by atoms with Gasteiger partial charge in [-0.05, 0) is 18.0 Å². The van der Waals surface area contributed by atoms with Gasteiger partial charge in [0, 0.05) is 10.3 Å². The Morgan fingerprint density at radius 1 is 0.679 bits per heavy atom. The summed E-state index contributed by atoms with van der Waals surface area (Å²) in [6.45, 7) is 1.80. The highest BCUT2D eigenvalue weighted by atomic mass is 127. The van der Waals surface area contributed by atoms with Gasteiger partial charge in [0.1, 0.15) is 0 Å². The Labute approximate surface area is 171 Å². The Hall–Kier alpha value is 0.180. The van der Waals surface area contributed by atoms with Crippen LogP contribution in [0.15, 0.2) is 0 Å². The highest BCUT2D eigenvalue weighted by molar-refractivity contribution is 14.1. The Morgan fingerprint density at radius 3 is 1.50 bits per heavy atom. The first-order chi connectivity index (χ1) is 12.2. The lowest BCUT2D eigenvalue weighted by atomic mass is 9.91. The molecule has 0 spiro atoms. The summed E-state index contributed by atoms with van der Waals surface area (Å²) >= 11 is 4.82. The molecule has 1 unspecified atom stereocenters. The third kappa shape index (κ3) is 5.26. The standard InChI is InChI=1S/C14H16ClF12I/c1-2-3-4-5-6-8(28)7-9(16,17)10(18,19)11(20,21)12(22,23)13(24,25)14(15,26)27/h8H,2-7H2,1H3. The molecule has 0 saturated carbocycles. The van der Waals surface area contributed by atoms with Gasteiger partial charge >= 0.3 is 35.0 Å². The molecule has 170 valence electrons. The first-order valence-corrected chi connectivity index (χ1v) is 9.43. The van der Waals surface area contributed by atoms with Gasteiger partial charge in [0.05, 0.1) is 0 Å². The molecule has 0 heterocycles. The van der Waals surface area contributed by atoms with Gasteiger partial charge in [-0.15, -0.1) is 0 Å². The molecular formula is C14H16ClF12I. The maximum atomic E-state index is 13.7. The summed E-state index contributed by atoms with van der Waals surface area (Å²) < 4.78 is 157. The van der Waals surface area contributed by atoms with Crippen LogP contribution in [0.3, 0.4) is 0 Å². The molecule has 0 nitrogen and oxygen atoms in total. The lowest BCUT2D eigenvalue weighted by Gasteiger charge is -2.40. The molecule has 0 aromatic heterocycles. The van der Waals surface area contributed by atoms with E-state index in [1.807, 2.05) is 0 Å². The van der Waals surface area contributed by atoms with Crippen LogP contribution in [0.25, 0.3) is 0 Å². The van der Waals surface area contributed by atoms with Crippen molar-refractivity contribution in [2.75, 3.05) is 0 Å². The van der Waals surface area contributed by atoms with E-state index in [0.717, 1.165) is 6.42 Å². The van der Waals surface area contributed by atoms with Crippen LogP contribution in [-0.2, 0) is 0 Å². The molecule has 0 aliphatic carbocycles. The van der Waals surface area contributed by atoms with E-state index >= 15 is 0 Å². The number of halogens is 14. The fraction of sp³-hybridized carbons (Fsp3) is 1.00. The van der Waals surface area contributed by atoms with Gasteiger partial charge in [0.2, 0.25) is 0 Å². The van der Waals surface area contributed by atoms with Crippen LogP contribution < -0.4 is 0 Å². The largest absolute Gasteiger partial charge is 0.393 e. The molecule has 0 aliphatic heterocycles. The van der Waals surface area contributed by atoms with Crippen molar-refractivity contribution in [2.24, 2.45) is 0 Å².